The highest BCUT2D eigenvalue weighted by molar-refractivity contribution is 5.94. The maximum Gasteiger partial charge on any atom is 0.309 e. The predicted octanol–water partition coefficient (Wildman–Crippen LogP) is 5.61. The average molecular weight is 554 g/mol. The quantitative estimate of drug-likeness (QED) is 0.198. The molecular formula is C33H35N3O5. The van der Waals surface area contributed by atoms with Crippen LogP contribution in [0.5, 0.6) is 5.75 Å². The molecule has 212 valence electrons. The lowest BCUT2D eigenvalue weighted by molar-refractivity contribution is -0.151. The fraction of sp³-hybridized carbons (Fsp3) is 0.333. The predicted molar refractivity (Wildman–Crippen MR) is 157 cm³/mol. The Balaban J connectivity index is 1.43. The van der Waals surface area contributed by atoms with Gasteiger partial charge in [0.25, 0.3) is 0 Å². The van der Waals surface area contributed by atoms with Crippen LogP contribution >= 0.6 is 0 Å². The molecule has 4 aromatic rings. The maximum absolute atomic E-state index is 13.3. The van der Waals surface area contributed by atoms with E-state index in [1.165, 1.54) is 0 Å². The van der Waals surface area contributed by atoms with E-state index in [2.05, 4.69) is 4.40 Å². The number of likely N-dealkylation sites (tertiary alicyclic amines) is 1. The van der Waals surface area contributed by atoms with E-state index >= 15 is 0 Å². The van der Waals surface area contributed by atoms with Crippen LogP contribution in [0.2, 0.25) is 0 Å². The summed E-state index contributed by atoms with van der Waals surface area (Å²) in [6.45, 7) is 4.85. The lowest BCUT2D eigenvalue weighted by atomic mass is 9.96. The normalized spacial score (nSPS) is 13.8. The van der Waals surface area contributed by atoms with E-state index in [0.29, 0.717) is 50.9 Å². The van der Waals surface area contributed by atoms with Gasteiger partial charge in [0.1, 0.15) is 11.4 Å². The van der Waals surface area contributed by atoms with Crippen LogP contribution in [0.25, 0.3) is 28.0 Å². The monoisotopic (exact) mass is 553 g/mol. The van der Waals surface area contributed by atoms with E-state index in [9.17, 15) is 14.4 Å². The van der Waals surface area contributed by atoms with Crippen molar-refractivity contribution in [2.45, 2.75) is 39.5 Å². The number of aromatic nitrogens is 2. The molecule has 0 spiro atoms. The third-order valence-corrected chi connectivity index (χ3v) is 7.73. The number of ether oxygens (including phenoxy) is 2. The van der Waals surface area contributed by atoms with Crippen LogP contribution in [0.15, 0.2) is 66.9 Å². The van der Waals surface area contributed by atoms with Gasteiger partial charge in [0.15, 0.2) is 5.78 Å². The van der Waals surface area contributed by atoms with Crippen molar-refractivity contribution in [3.05, 3.63) is 78.1 Å². The van der Waals surface area contributed by atoms with Gasteiger partial charge in [0, 0.05) is 36.8 Å². The third-order valence-electron chi connectivity index (χ3n) is 7.73. The number of fused-ring (bicyclic) bond motifs is 1. The number of rotatable bonds is 9. The molecule has 5 rings (SSSR count). The summed E-state index contributed by atoms with van der Waals surface area (Å²) in [5.74, 6) is 0.522. The number of carbonyl (C=O) groups is 3. The molecule has 1 saturated heterocycles. The Morgan fingerprint density at radius 2 is 1.68 bits per heavy atom. The number of nitrogens with zero attached hydrogens (tertiary/aromatic N) is 3. The first kappa shape index (κ1) is 28.1. The minimum absolute atomic E-state index is 0.0293. The SMILES string of the molecule is CCOC(=O)C1CCN(C(=O)CCc2c(-c3cccc(OC)c3)nc3ccc(-c4ccc(C(C)=O)cc4)cn23)CC1. The molecule has 0 aliphatic carbocycles. The summed E-state index contributed by atoms with van der Waals surface area (Å²) in [7, 11) is 1.64. The standard InChI is InChI=1S/C33H35N3O5/c1-4-41-33(39)25-16-18-35(19-17-25)31(38)15-13-29-32(26-6-5-7-28(20-26)40-3)34-30-14-12-27(21-36(29)30)24-10-8-23(9-11-24)22(2)37/h5-12,14,20-21,25H,4,13,15-19H2,1-3H3. The molecule has 2 aromatic carbocycles. The first-order valence-electron chi connectivity index (χ1n) is 14.1. The Bertz CT molecular complexity index is 1570. The summed E-state index contributed by atoms with van der Waals surface area (Å²) in [5, 5.41) is 0. The molecule has 0 saturated carbocycles. The molecule has 1 aliphatic rings. The van der Waals surface area contributed by atoms with E-state index in [4.69, 9.17) is 14.5 Å². The summed E-state index contributed by atoms with van der Waals surface area (Å²) < 4.78 is 12.7. The van der Waals surface area contributed by atoms with Crippen LogP contribution in [0.3, 0.4) is 0 Å². The number of methoxy groups -OCH3 is 1. The minimum Gasteiger partial charge on any atom is -0.497 e. The van der Waals surface area contributed by atoms with Crippen LogP contribution in [0.4, 0.5) is 0 Å². The van der Waals surface area contributed by atoms with Crippen molar-refractivity contribution < 1.29 is 23.9 Å². The van der Waals surface area contributed by atoms with Gasteiger partial charge in [-0.05, 0) is 68.5 Å². The second kappa shape index (κ2) is 12.4. The fourth-order valence-electron chi connectivity index (χ4n) is 5.41. The number of hydrogen-bond donors (Lipinski definition) is 0. The number of hydrogen-bond acceptors (Lipinski definition) is 6. The molecule has 0 atom stereocenters. The van der Waals surface area contributed by atoms with Gasteiger partial charge in [0.05, 0.1) is 31.0 Å². The number of esters is 1. The van der Waals surface area contributed by atoms with Gasteiger partial charge in [0.2, 0.25) is 5.91 Å². The summed E-state index contributed by atoms with van der Waals surface area (Å²) in [6, 6.07) is 19.3. The molecule has 1 amide bonds. The first-order valence-corrected chi connectivity index (χ1v) is 14.1. The molecule has 0 unspecified atom stereocenters. The van der Waals surface area contributed by atoms with Gasteiger partial charge in [-0.2, -0.15) is 0 Å². The Kier molecular flexibility index (Phi) is 8.47. The van der Waals surface area contributed by atoms with Crippen molar-refractivity contribution in [3.63, 3.8) is 0 Å². The second-order valence-corrected chi connectivity index (χ2v) is 10.3. The summed E-state index contributed by atoms with van der Waals surface area (Å²) >= 11 is 0. The molecule has 0 N–H and O–H groups in total. The summed E-state index contributed by atoms with van der Waals surface area (Å²) in [6.07, 6.45) is 4.12. The largest absolute Gasteiger partial charge is 0.497 e. The number of piperidine rings is 1. The molecule has 41 heavy (non-hydrogen) atoms. The molecule has 0 bridgehead atoms. The number of aryl methyl sites for hydroxylation is 1. The first-order chi connectivity index (χ1) is 19.9. The van der Waals surface area contributed by atoms with Gasteiger partial charge in [-0.15, -0.1) is 0 Å². The molecule has 3 heterocycles. The van der Waals surface area contributed by atoms with Crippen molar-refractivity contribution in [3.8, 4) is 28.1 Å². The van der Waals surface area contributed by atoms with Gasteiger partial charge >= 0.3 is 5.97 Å². The van der Waals surface area contributed by atoms with E-state index in [-0.39, 0.29) is 23.6 Å². The lowest BCUT2D eigenvalue weighted by Gasteiger charge is -2.31. The summed E-state index contributed by atoms with van der Waals surface area (Å²) in [5.41, 5.74) is 6.08. The number of pyridine rings is 1. The maximum atomic E-state index is 13.3. The average Bonchev–Trinajstić information content (AvgIpc) is 3.38. The molecule has 1 aliphatic heterocycles. The van der Waals surface area contributed by atoms with Gasteiger partial charge in [-0.1, -0.05) is 36.4 Å². The third kappa shape index (κ3) is 6.16. The highest BCUT2D eigenvalue weighted by Gasteiger charge is 2.28. The number of Topliss-reactive ketones (excluding diaryl/α,β-unsaturated/α-hetero) is 1. The Hall–Kier alpha value is -4.46. The Morgan fingerprint density at radius 3 is 2.37 bits per heavy atom. The van der Waals surface area contributed by atoms with Crippen LogP contribution in [-0.2, 0) is 20.7 Å². The van der Waals surface area contributed by atoms with Gasteiger partial charge < -0.3 is 18.8 Å². The highest BCUT2D eigenvalue weighted by atomic mass is 16.5. The van der Waals surface area contributed by atoms with Crippen molar-refractivity contribution in [1.82, 2.24) is 14.3 Å². The van der Waals surface area contributed by atoms with Crippen molar-refractivity contribution in [1.29, 1.82) is 0 Å². The number of amides is 1. The molecule has 2 aromatic heterocycles. The van der Waals surface area contributed by atoms with Crippen LogP contribution in [0, 0.1) is 5.92 Å². The highest BCUT2D eigenvalue weighted by Crippen LogP contribution is 2.31. The van der Waals surface area contributed by atoms with Crippen molar-refractivity contribution in [2.24, 2.45) is 5.92 Å². The van der Waals surface area contributed by atoms with E-state index in [1.807, 2.05) is 78.7 Å². The number of carbonyl (C=O) groups excluding carboxylic acids is 3. The van der Waals surface area contributed by atoms with E-state index in [0.717, 1.165) is 39.5 Å². The number of benzene rings is 2. The Morgan fingerprint density at radius 1 is 0.951 bits per heavy atom. The lowest BCUT2D eigenvalue weighted by Crippen LogP contribution is -2.40. The topological polar surface area (TPSA) is 90.2 Å². The minimum atomic E-state index is -0.167. The zero-order valence-corrected chi connectivity index (χ0v) is 23.8. The molecule has 1 fully saturated rings. The molecule has 0 radical (unpaired) electrons. The van der Waals surface area contributed by atoms with Gasteiger partial charge in [-0.25, -0.2) is 4.98 Å². The zero-order valence-electron chi connectivity index (χ0n) is 23.8. The zero-order chi connectivity index (χ0) is 28.9. The summed E-state index contributed by atoms with van der Waals surface area (Å²) in [4.78, 5) is 43.9. The molecule has 8 nitrogen and oxygen atoms in total. The van der Waals surface area contributed by atoms with Crippen LogP contribution in [-0.4, -0.2) is 58.8 Å². The molecular weight excluding hydrogens is 518 g/mol. The number of ketones is 1. The molecule has 8 heteroatoms. The van der Waals surface area contributed by atoms with Crippen molar-refractivity contribution in [2.75, 3.05) is 26.8 Å². The van der Waals surface area contributed by atoms with E-state index < -0.39 is 0 Å². The van der Waals surface area contributed by atoms with Crippen molar-refractivity contribution >= 4 is 23.3 Å². The van der Waals surface area contributed by atoms with Gasteiger partial charge in [-0.3, -0.25) is 14.4 Å². The second-order valence-electron chi connectivity index (χ2n) is 10.3. The van der Waals surface area contributed by atoms with Crippen LogP contribution in [0.1, 0.15) is 49.2 Å². The Labute approximate surface area is 239 Å². The van der Waals surface area contributed by atoms with Crippen LogP contribution < -0.4 is 4.74 Å². The fourth-order valence-corrected chi connectivity index (χ4v) is 5.41. The van der Waals surface area contributed by atoms with E-state index in [1.54, 1.807) is 14.0 Å². The smallest absolute Gasteiger partial charge is 0.309 e. The number of imidazole rings is 1.